The van der Waals surface area contributed by atoms with Crippen LogP contribution in [-0.4, -0.2) is 80.7 Å². The molecule has 1 amide bonds. The Labute approximate surface area is 308 Å². The summed E-state index contributed by atoms with van der Waals surface area (Å²) < 4.78 is 32.1. The maximum absolute atomic E-state index is 13.8. The van der Waals surface area contributed by atoms with E-state index in [1.165, 1.54) is 0 Å². The van der Waals surface area contributed by atoms with Gasteiger partial charge in [-0.25, -0.2) is 4.79 Å². The van der Waals surface area contributed by atoms with E-state index in [0.29, 0.717) is 57.3 Å². The fraction of sp³-hybridized carbons (Fsp3) is 0.615. The van der Waals surface area contributed by atoms with E-state index in [1.807, 2.05) is 50.1 Å². The van der Waals surface area contributed by atoms with Gasteiger partial charge in [0.15, 0.2) is 14.6 Å². The monoisotopic (exact) mass is 734 g/mol. The van der Waals surface area contributed by atoms with Crippen LogP contribution in [0.2, 0.25) is 18.1 Å². The van der Waals surface area contributed by atoms with Gasteiger partial charge in [0, 0.05) is 47.5 Å². The summed E-state index contributed by atoms with van der Waals surface area (Å²) in [5.74, 6) is 0.669. The number of pyridine rings is 1. The molecule has 51 heavy (non-hydrogen) atoms. The van der Waals surface area contributed by atoms with Gasteiger partial charge in [-0.2, -0.15) is 5.26 Å². The highest BCUT2D eigenvalue weighted by Crippen LogP contribution is 2.48. The third-order valence-corrected chi connectivity index (χ3v) is 16.3. The van der Waals surface area contributed by atoms with Gasteiger partial charge in [0.05, 0.1) is 52.8 Å². The Morgan fingerprint density at radius 3 is 2.61 bits per heavy atom. The number of fused-ring (bicyclic) bond motifs is 2. The molecule has 3 aliphatic rings. The highest BCUT2D eigenvalue weighted by molar-refractivity contribution is 7.19. The first-order valence-electron chi connectivity index (χ1n) is 18.2. The smallest absolute Gasteiger partial charge is 0.410 e. The largest absolute Gasteiger partial charge is 0.489 e. The quantitative estimate of drug-likeness (QED) is 0.210. The van der Waals surface area contributed by atoms with Gasteiger partial charge in [0.25, 0.3) is 0 Å². The Bertz CT molecular complexity index is 1790. The zero-order valence-corrected chi connectivity index (χ0v) is 33.6. The zero-order valence-electron chi connectivity index (χ0n) is 31.8. The summed E-state index contributed by atoms with van der Waals surface area (Å²) in [6, 6.07) is 10.3. The molecule has 0 spiro atoms. The lowest BCUT2D eigenvalue weighted by Gasteiger charge is -2.38. The van der Waals surface area contributed by atoms with Gasteiger partial charge < -0.3 is 28.3 Å². The van der Waals surface area contributed by atoms with E-state index in [-0.39, 0.29) is 23.5 Å². The van der Waals surface area contributed by atoms with Gasteiger partial charge in [-0.3, -0.25) is 9.88 Å². The van der Waals surface area contributed by atoms with Crippen molar-refractivity contribution in [3.63, 3.8) is 0 Å². The summed E-state index contributed by atoms with van der Waals surface area (Å²) in [7, 11) is -1.95. The number of rotatable bonds is 8. The summed E-state index contributed by atoms with van der Waals surface area (Å²) in [6.07, 6.45) is 4.83. The van der Waals surface area contributed by atoms with Crippen LogP contribution in [0.5, 0.6) is 5.75 Å². The molecule has 0 saturated carbocycles. The van der Waals surface area contributed by atoms with E-state index >= 15 is 0 Å². The highest BCUT2D eigenvalue weighted by atomic mass is 32.1. The minimum Gasteiger partial charge on any atom is -0.489 e. The molecule has 2 fully saturated rings. The fourth-order valence-electron chi connectivity index (χ4n) is 6.94. The molecule has 12 heteroatoms. The molecule has 6 rings (SSSR count). The molecular weight excluding hydrogens is 681 g/mol. The topological polar surface area (TPSA) is 106 Å². The molecule has 3 aliphatic heterocycles. The number of hydrogen-bond acceptors (Lipinski definition) is 10. The Morgan fingerprint density at radius 2 is 1.92 bits per heavy atom. The third kappa shape index (κ3) is 8.08. The second-order valence-electron chi connectivity index (χ2n) is 16.9. The van der Waals surface area contributed by atoms with Crippen LogP contribution in [0.4, 0.5) is 10.5 Å². The Kier molecular flexibility index (Phi) is 10.5. The van der Waals surface area contributed by atoms with Crippen LogP contribution in [0.1, 0.15) is 84.6 Å². The summed E-state index contributed by atoms with van der Waals surface area (Å²) in [6.45, 7) is 22.2. The van der Waals surface area contributed by atoms with Crippen LogP contribution in [0.15, 0.2) is 30.5 Å². The van der Waals surface area contributed by atoms with Gasteiger partial charge in [0.1, 0.15) is 18.0 Å². The molecule has 276 valence electrons. The molecule has 10 nitrogen and oxygen atoms in total. The second kappa shape index (κ2) is 14.3. The van der Waals surface area contributed by atoms with Crippen molar-refractivity contribution in [1.29, 1.82) is 5.26 Å². The van der Waals surface area contributed by atoms with E-state index in [0.717, 1.165) is 51.2 Å². The molecule has 3 aromatic rings. The van der Waals surface area contributed by atoms with Crippen molar-refractivity contribution in [3.8, 4) is 22.9 Å². The van der Waals surface area contributed by atoms with E-state index in [2.05, 4.69) is 57.8 Å². The van der Waals surface area contributed by atoms with Crippen molar-refractivity contribution in [1.82, 2.24) is 9.88 Å². The summed E-state index contributed by atoms with van der Waals surface area (Å²) in [5, 5.41) is 10.2. The first-order chi connectivity index (χ1) is 24.0. The molecule has 0 N–H and O–H groups in total. The predicted octanol–water partition coefficient (Wildman–Crippen LogP) is 8.87. The molecule has 3 atom stereocenters. The average Bonchev–Trinajstić information content (AvgIpc) is 3.66. The predicted molar refractivity (Wildman–Crippen MR) is 204 cm³/mol. The molecule has 0 bridgehead atoms. The maximum atomic E-state index is 13.8. The number of anilines is 1. The van der Waals surface area contributed by atoms with Crippen molar-refractivity contribution >= 4 is 41.7 Å². The number of carbonyl (C=O) groups excluding carboxylic acids is 1. The van der Waals surface area contributed by atoms with Crippen molar-refractivity contribution < 1.29 is 28.2 Å². The molecule has 0 unspecified atom stereocenters. The van der Waals surface area contributed by atoms with Gasteiger partial charge in [-0.1, -0.05) is 20.8 Å². The number of amides is 1. The van der Waals surface area contributed by atoms with Crippen molar-refractivity contribution in [3.05, 3.63) is 40.9 Å². The average molecular weight is 735 g/mol. The van der Waals surface area contributed by atoms with Crippen molar-refractivity contribution in [2.24, 2.45) is 0 Å². The molecule has 2 saturated heterocycles. The van der Waals surface area contributed by atoms with E-state index in [9.17, 15) is 10.1 Å². The van der Waals surface area contributed by atoms with Crippen LogP contribution in [0.3, 0.4) is 0 Å². The number of ether oxygens (including phenoxy) is 4. The first kappa shape index (κ1) is 37.5. The van der Waals surface area contributed by atoms with Crippen LogP contribution >= 0.6 is 11.3 Å². The highest BCUT2D eigenvalue weighted by Gasteiger charge is 2.49. The lowest BCUT2D eigenvalue weighted by atomic mass is 9.95. The third-order valence-electron chi connectivity index (χ3n) is 10.7. The molecule has 0 aliphatic carbocycles. The summed E-state index contributed by atoms with van der Waals surface area (Å²) >= 11 is 1.69. The maximum Gasteiger partial charge on any atom is 0.410 e. The Balaban J connectivity index is 1.36. The van der Waals surface area contributed by atoms with Gasteiger partial charge in [0.2, 0.25) is 0 Å². The first-order valence-corrected chi connectivity index (χ1v) is 21.9. The summed E-state index contributed by atoms with van der Waals surface area (Å²) in [5.41, 5.74) is 3.00. The molecule has 2 aromatic heterocycles. The van der Waals surface area contributed by atoms with Crippen LogP contribution in [0, 0.1) is 11.3 Å². The van der Waals surface area contributed by atoms with E-state index in [1.54, 1.807) is 11.3 Å². The number of benzene rings is 1. The number of carbonyl (C=O) groups is 1. The number of likely N-dealkylation sites (tertiary alicyclic amines) is 1. The number of hydrogen-bond donors (Lipinski definition) is 0. The van der Waals surface area contributed by atoms with E-state index in [4.69, 9.17) is 28.4 Å². The number of nitriles is 1. The van der Waals surface area contributed by atoms with Gasteiger partial charge in [-0.15, -0.1) is 11.3 Å². The Morgan fingerprint density at radius 1 is 1.14 bits per heavy atom. The fourth-order valence-corrected chi connectivity index (χ4v) is 9.05. The minimum atomic E-state index is -1.95. The second-order valence-corrected chi connectivity index (χ2v) is 22.9. The van der Waals surface area contributed by atoms with Crippen LogP contribution in [-0.2, 0) is 25.2 Å². The van der Waals surface area contributed by atoms with E-state index < -0.39 is 19.5 Å². The SMILES string of the molecule is CC(C)(C)OC(=O)N1C[C@@H](N2CCOc3cc(C#N)cc(-c4ccnc5cc(CO[Si](C)(C)C(C)(C)C)sc45)c32)C[C@@]1(C)CO[C@H]1CCCCO1. The normalized spacial score (nSPS) is 22.8. The van der Waals surface area contributed by atoms with Crippen LogP contribution in [0.25, 0.3) is 21.3 Å². The lowest BCUT2D eigenvalue weighted by molar-refractivity contribution is -0.177. The summed E-state index contributed by atoms with van der Waals surface area (Å²) in [4.78, 5) is 23.9. The van der Waals surface area contributed by atoms with Gasteiger partial charge >= 0.3 is 6.09 Å². The molecule has 5 heterocycles. The molecule has 1 aromatic carbocycles. The Hall–Kier alpha value is -3.21. The van der Waals surface area contributed by atoms with Gasteiger partial charge in [-0.05, 0) is 89.7 Å². The van der Waals surface area contributed by atoms with Crippen LogP contribution < -0.4 is 9.64 Å². The zero-order chi connectivity index (χ0) is 36.8. The lowest BCUT2D eigenvalue weighted by Crippen LogP contribution is -2.50. The van der Waals surface area contributed by atoms with Crippen molar-refractivity contribution in [2.75, 3.05) is 37.8 Å². The van der Waals surface area contributed by atoms with Crippen molar-refractivity contribution in [2.45, 2.75) is 122 Å². The molecule has 0 radical (unpaired) electrons. The number of nitrogens with zero attached hydrogens (tertiary/aromatic N) is 4. The molecular formula is C39H54N4O6SSi. The standard InChI is InChI=1S/C39H54N4O6SSi/c1-37(2,3)49-36(44)43-23-27(21-39(43,7)25-47-33-12-10-11-16-46-33)42-15-17-45-32-19-26(22-40)18-30(34(32)42)29-13-14-41-31-20-28(50-35(29)31)24-48-51(8,9)38(4,5)6/h13-14,18-20,27,33H,10-12,15-17,21,23-25H2,1-9H3/t27-,33-,39-/m0/s1. The minimum absolute atomic E-state index is 0.0538. The number of aromatic nitrogens is 1. The number of thiophene rings is 1.